The molecule has 1 atom stereocenters. The SMILES string of the molecule is CN=C(NCCc1c[nH]c2cc(F)ccc12)NCC(c1ccco1)N(C)C. The molecular formula is C20H26FN5O. The van der Waals surface area contributed by atoms with Crippen LogP contribution in [0.5, 0.6) is 0 Å². The molecule has 27 heavy (non-hydrogen) atoms. The van der Waals surface area contributed by atoms with E-state index >= 15 is 0 Å². The summed E-state index contributed by atoms with van der Waals surface area (Å²) in [5.74, 6) is 1.42. The van der Waals surface area contributed by atoms with Crippen LogP contribution in [0.3, 0.4) is 0 Å². The van der Waals surface area contributed by atoms with Gasteiger partial charge < -0.3 is 20.0 Å². The number of furan rings is 1. The Labute approximate surface area is 158 Å². The predicted octanol–water partition coefficient (Wildman–Crippen LogP) is 2.91. The number of aromatic amines is 1. The van der Waals surface area contributed by atoms with Crippen molar-refractivity contribution >= 4 is 16.9 Å². The van der Waals surface area contributed by atoms with Crippen molar-refractivity contribution in [2.75, 3.05) is 34.2 Å². The number of halogens is 1. The molecule has 0 saturated heterocycles. The van der Waals surface area contributed by atoms with Crippen molar-refractivity contribution in [3.05, 3.63) is 59.9 Å². The van der Waals surface area contributed by atoms with E-state index < -0.39 is 0 Å². The summed E-state index contributed by atoms with van der Waals surface area (Å²) in [6.07, 6.45) is 4.43. The molecule has 2 heterocycles. The zero-order valence-corrected chi connectivity index (χ0v) is 15.9. The second-order valence-corrected chi connectivity index (χ2v) is 6.63. The Morgan fingerprint density at radius 3 is 2.85 bits per heavy atom. The van der Waals surface area contributed by atoms with Crippen molar-refractivity contribution in [3.8, 4) is 0 Å². The van der Waals surface area contributed by atoms with Crippen LogP contribution in [0.2, 0.25) is 0 Å². The lowest BCUT2D eigenvalue weighted by Crippen LogP contribution is -2.42. The zero-order chi connectivity index (χ0) is 19.2. The van der Waals surface area contributed by atoms with Gasteiger partial charge in [0.2, 0.25) is 0 Å². The van der Waals surface area contributed by atoms with E-state index in [9.17, 15) is 4.39 Å². The summed E-state index contributed by atoms with van der Waals surface area (Å²) >= 11 is 0. The molecule has 0 fully saturated rings. The van der Waals surface area contributed by atoms with Gasteiger partial charge in [-0.25, -0.2) is 4.39 Å². The molecule has 1 unspecified atom stereocenters. The van der Waals surface area contributed by atoms with Gasteiger partial charge in [0.25, 0.3) is 0 Å². The Bertz CT molecular complexity index is 885. The van der Waals surface area contributed by atoms with Crippen molar-refractivity contribution in [2.45, 2.75) is 12.5 Å². The molecule has 0 saturated carbocycles. The standard InChI is InChI=1S/C20H26FN5O/c1-22-20(25-13-18(26(2)3)19-5-4-10-27-19)23-9-8-14-12-24-17-11-15(21)6-7-16(14)17/h4-7,10-12,18,24H,8-9,13H2,1-3H3,(H2,22,23,25). The van der Waals surface area contributed by atoms with Gasteiger partial charge in [0.05, 0.1) is 12.3 Å². The lowest BCUT2D eigenvalue weighted by molar-refractivity contribution is 0.258. The number of H-pyrrole nitrogens is 1. The number of benzene rings is 1. The average Bonchev–Trinajstić information content (AvgIpc) is 3.30. The number of nitrogens with one attached hydrogen (secondary N) is 3. The number of hydrogen-bond donors (Lipinski definition) is 3. The van der Waals surface area contributed by atoms with E-state index in [-0.39, 0.29) is 11.9 Å². The normalized spacial score (nSPS) is 13.3. The van der Waals surface area contributed by atoms with Gasteiger partial charge in [0.15, 0.2) is 5.96 Å². The molecule has 0 spiro atoms. The van der Waals surface area contributed by atoms with Crippen molar-refractivity contribution in [2.24, 2.45) is 4.99 Å². The topological polar surface area (TPSA) is 68.6 Å². The molecule has 3 N–H and O–H groups in total. The van der Waals surface area contributed by atoms with E-state index in [4.69, 9.17) is 4.42 Å². The number of aliphatic imine (C=N–C) groups is 1. The van der Waals surface area contributed by atoms with Crippen molar-refractivity contribution < 1.29 is 8.81 Å². The third-order valence-corrected chi connectivity index (χ3v) is 4.60. The van der Waals surface area contributed by atoms with Gasteiger partial charge in [-0.05, 0) is 56.4 Å². The molecule has 6 nitrogen and oxygen atoms in total. The number of likely N-dealkylation sites (N-methyl/N-ethyl adjacent to an activating group) is 1. The third kappa shape index (κ3) is 4.68. The molecule has 3 rings (SSSR count). The minimum atomic E-state index is -0.231. The summed E-state index contributed by atoms with van der Waals surface area (Å²) in [6, 6.07) is 8.80. The van der Waals surface area contributed by atoms with Crippen LogP contribution in [0.15, 0.2) is 52.2 Å². The van der Waals surface area contributed by atoms with E-state index in [2.05, 4.69) is 25.5 Å². The summed E-state index contributed by atoms with van der Waals surface area (Å²) < 4.78 is 18.8. The first-order valence-corrected chi connectivity index (χ1v) is 8.98. The first-order chi connectivity index (χ1) is 13.1. The summed E-state index contributed by atoms with van der Waals surface area (Å²) in [5.41, 5.74) is 1.97. The summed E-state index contributed by atoms with van der Waals surface area (Å²) in [5, 5.41) is 7.72. The molecule has 0 aliphatic rings. The van der Waals surface area contributed by atoms with Gasteiger partial charge >= 0.3 is 0 Å². The van der Waals surface area contributed by atoms with E-state index in [1.54, 1.807) is 13.3 Å². The highest BCUT2D eigenvalue weighted by Crippen LogP contribution is 2.19. The second kappa shape index (κ2) is 8.73. The molecule has 1 aromatic carbocycles. The van der Waals surface area contributed by atoms with Crippen LogP contribution in [-0.2, 0) is 6.42 Å². The van der Waals surface area contributed by atoms with Crippen LogP contribution in [-0.4, -0.2) is 50.1 Å². The number of hydrogen-bond acceptors (Lipinski definition) is 3. The Morgan fingerprint density at radius 2 is 2.15 bits per heavy atom. The van der Waals surface area contributed by atoms with Crippen LogP contribution in [0, 0.1) is 5.82 Å². The molecular weight excluding hydrogens is 345 g/mol. The Kier molecular flexibility index (Phi) is 6.13. The van der Waals surface area contributed by atoms with Gasteiger partial charge in [-0.15, -0.1) is 0 Å². The third-order valence-electron chi connectivity index (χ3n) is 4.60. The molecule has 0 radical (unpaired) electrons. The monoisotopic (exact) mass is 371 g/mol. The van der Waals surface area contributed by atoms with Crippen molar-refractivity contribution in [3.63, 3.8) is 0 Å². The molecule has 7 heteroatoms. The van der Waals surface area contributed by atoms with E-state index in [0.29, 0.717) is 6.54 Å². The van der Waals surface area contributed by atoms with Gasteiger partial charge in [0, 0.05) is 37.2 Å². The number of guanidine groups is 1. The number of aromatic nitrogens is 1. The maximum absolute atomic E-state index is 13.3. The molecule has 0 amide bonds. The smallest absolute Gasteiger partial charge is 0.191 e. The van der Waals surface area contributed by atoms with E-state index in [0.717, 1.165) is 41.2 Å². The highest BCUT2D eigenvalue weighted by Gasteiger charge is 2.17. The summed E-state index contributed by atoms with van der Waals surface area (Å²) in [4.78, 5) is 9.50. The average molecular weight is 371 g/mol. The maximum Gasteiger partial charge on any atom is 0.191 e. The highest BCUT2D eigenvalue weighted by molar-refractivity contribution is 5.83. The van der Waals surface area contributed by atoms with Crippen molar-refractivity contribution in [1.29, 1.82) is 0 Å². The zero-order valence-electron chi connectivity index (χ0n) is 15.9. The summed E-state index contributed by atoms with van der Waals surface area (Å²) in [7, 11) is 5.79. The van der Waals surface area contributed by atoms with Crippen LogP contribution < -0.4 is 10.6 Å². The molecule has 0 aliphatic heterocycles. The number of fused-ring (bicyclic) bond motifs is 1. The fraction of sp³-hybridized carbons (Fsp3) is 0.350. The van der Waals surface area contributed by atoms with Crippen LogP contribution in [0.25, 0.3) is 10.9 Å². The number of nitrogens with zero attached hydrogens (tertiary/aromatic N) is 2. The van der Waals surface area contributed by atoms with E-state index in [1.807, 2.05) is 38.5 Å². The first-order valence-electron chi connectivity index (χ1n) is 8.98. The second-order valence-electron chi connectivity index (χ2n) is 6.63. The Morgan fingerprint density at radius 1 is 1.30 bits per heavy atom. The van der Waals surface area contributed by atoms with E-state index in [1.165, 1.54) is 12.1 Å². The first kappa shape index (κ1) is 19.0. The van der Waals surface area contributed by atoms with Crippen molar-refractivity contribution in [1.82, 2.24) is 20.5 Å². The highest BCUT2D eigenvalue weighted by atomic mass is 19.1. The Balaban J connectivity index is 1.53. The quantitative estimate of drug-likeness (QED) is 0.441. The summed E-state index contributed by atoms with van der Waals surface area (Å²) in [6.45, 7) is 1.39. The molecule has 3 aromatic rings. The predicted molar refractivity (Wildman–Crippen MR) is 106 cm³/mol. The van der Waals surface area contributed by atoms with Crippen LogP contribution in [0.1, 0.15) is 17.4 Å². The maximum atomic E-state index is 13.3. The van der Waals surface area contributed by atoms with Gasteiger partial charge in [0.1, 0.15) is 11.6 Å². The molecule has 2 aromatic heterocycles. The fourth-order valence-corrected chi connectivity index (χ4v) is 3.11. The van der Waals surface area contributed by atoms with Crippen LogP contribution >= 0.6 is 0 Å². The number of rotatable bonds is 7. The Hall–Kier alpha value is -2.80. The minimum Gasteiger partial charge on any atom is -0.468 e. The van der Waals surface area contributed by atoms with Gasteiger partial charge in [-0.1, -0.05) is 0 Å². The van der Waals surface area contributed by atoms with Gasteiger partial charge in [-0.2, -0.15) is 0 Å². The van der Waals surface area contributed by atoms with Gasteiger partial charge in [-0.3, -0.25) is 9.89 Å². The lowest BCUT2D eigenvalue weighted by Gasteiger charge is -2.23. The van der Waals surface area contributed by atoms with Crippen LogP contribution in [0.4, 0.5) is 4.39 Å². The molecule has 0 bridgehead atoms. The fourth-order valence-electron chi connectivity index (χ4n) is 3.11. The molecule has 144 valence electrons. The lowest BCUT2D eigenvalue weighted by atomic mass is 10.1. The molecule has 0 aliphatic carbocycles. The minimum absolute atomic E-state index is 0.113. The largest absolute Gasteiger partial charge is 0.468 e.